The van der Waals surface area contributed by atoms with E-state index < -0.39 is 0 Å². The third-order valence-corrected chi connectivity index (χ3v) is 3.98. The summed E-state index contributed by atoms with van der Waals surface area (Å²) in [6.45, 7) is 7.83. The molecular weight excluding hydrogens is 322 g/mol. The summed E-state index contributed by atoms with van der Waals surface area (Å²) in [5, 5.41) is 2.95. The van der Waals surface area contributed by atoms with Gasteiger partial charge in [0.25, 0.3) is 5.91 Å². The molecule has 25 heavy (non-hydrogen) atoms. The van der Waals surface area contributed by atoms with E-state index in [1.54, 1.807) is 35.1 Å². The number of carbonyl (C=O) groups is 2. The Labute approximate surface area is 148 Å². The second kappa shape index (κ2) is 7.63. The molecule has 0 spiro atoms. The highest BCUT2D eigenvalue weighted by Crippen LogP contribution is 2.26. The summed E-state index contributed by atoms with van der Waals surface area (Å²) in [6, 6.07) is 5.04. The van der Waals surface area contributed by atoms with E-state index >= 15 is 0 Å². The first kappa shape index (κ1) is 18.9. The Hall–Kier alpha value is -2.44. The number of hydrogen-bond donors (Lipinski definition) is 1. The monoisotopic (exact) mass is 349 g/mol. The van der Waals surface area contributed by atoms with E-state index in [4.69, 9.17) is 9.47 Å². The SMILES string of the molecule is COc1ccc(C(=O)N2CCN(C(=O)NC(C)(C)C)CC2)c(OC)c1. The van der Waals surface area contributed by atoms with Crippen LogP contribution in [-0.2, 0) is 0 Å². The highest BCUT2D eigenvalue weighted by molar-refractivity contribution is 5.97. The standard InChI is InChI=1S/C18H27N3O4/c1-18(2,3)19-17(23)21-10-8-20(9-11-21)16(22)14-7-6-13(24-4)12-15(14)25-5/h6-7,12H,8-11H2,1-5H3,(H,19,23). The van der Waals surface area contributed by atoms with Gasteiger partial charge in [0, 0.05) is 37.8 Å². The molecule has 0 bridgehead atoms. The van der Waals surface area contributed by atoms with Crippen molar-refractivity contribution in [2.24, 2.45) is 0 Å². The molecule has 0 radical (unpaired) electrons. The van der Waals surface area contributed by atoms with E-state index in [-0.39, 0.29) is 17.5 Å². The second-order valence-electron chi connectivity index (χ2n) is 7.03. The van der Waals surface area contributed by atoms with Crippen LogP contribution in [0.4, 0.5) is 4.79 Å². The van der Waals surface area contributed by atoms with E-state index in [0.29, 0.717) is 43.2 Å². The molecule has 0 saturated carbocycles. The highest BCUT2D eigenvalue weighted by Gasteiger charge is 2.27. The minimum atomic E-state index is -0.277. The molecule has 1 aliphatic heterocycles. The van der Waals surface area contributed by atoms with E-state index in [9.17, 15) is 9.59 Å². The third kappa shape index (κ3) is 4.78. The molecule has 1 heterocycles. The van der Waals surface area contributed by atoms with Crippen molar-refractivity contribution >= 4 is 11.9 Å². The lowest BCUT2D eigenvalue weighted by atomic mass is 10.1. The van der Waals surface area contributed by atoms with E-state index in [0.717, 1.165) is 0 Å². The molecule has 7 heteroatoms. The maximum absolute atomic E-state index is 12.8. The van der Waals surface area contributed by atoms with Gasteiger partial charge in [0.15, 0.2) is 0 Å². The van der Waals surface area contributed by atoms with Gasteiger partial charge in [-0.3, -0.25) is 4.79 Å². The van der Waals surface area contributed by atoms with Crippen LogP contribution in [0.2, 0.25) is 0 Å². The molecule has 7 nitrogen and oxygen atoms in total. The summed E-state index contributed by atoms with van der Waals surface area (Å²) < 4.78 is 10.5. The summed E-state index contributed by atoms with van der Waals surface area (Å²) in [7, 11) is 3.10. The van der Waals surface area contributed by atoms with E-state index in [2.05, 4.69) is 5.32 Å². The van der Waals surface area contributed by atoms with Gasteiger partial charge in [-0.25, -0.2) is 4.79 Å². The number of piperazine rings is 1. The lowest BCUT2D eigenvalue weighted by Crippen LogP contribution is -2.56. The topological polar surface area (TPSA) is 71.1 Å². The van der Waals surface area contributed by atoms with Crippen LogP contribution in [0, 0.1) is 0 Å². The van der Waals surface area contributed by atoms with Crippen LogP contribution in [0.15, 0.2) is 18.2 Å². The van der Waals surface area contributed by atoms with Crippen molar-refractivity contribution in [2.75, 3.05) is 40.4 Å². The summed E-state index contributed by atoms with van der Waals surface area (Å²) in [5.74, 6) is 1.02. The van der Waals surface area contributed by atoms with Crippen LogP contribution in [0.3, 0.4) is 0 Å². The largest absolute Gasteiger partial charge is 0.497 e. The number of benzene rings is 1. The fraction of sp³-hybridized carbons (Fsp3) is 0.556. The zero-order chi connectivity index (χ0) is 18.6. The van der Waals surface area contributed by atoms with Gasteiger partial charge in [-0.15, -0.1) is 0 Å². The fourth-order valence-electron chi connectivity index (χ4n) is 2.66. The lowest BCUT2D eigenvalue weighted by Gasteiger charge is -2.36. The van der Waals surface area contributed by atoms with Crippen LogP contribution < -0.4 is 14.8 Å². The minimum Gasteiger partial charge on any atom is -0.497 e. The molecule has 0 unspecified atom stereocenters. The number of rotatable bonds is 3. The third-order valence-electron chi connectivity index (χ3n) is 3.98. The van der Waals surface area contributed by atoms with Gasteiger partial charge in [-0.05, 0) is 32.9 Å². The number of carbonyl (C=O) groups excluding carboxylic acids is 2. The van der Waals surface area contributed by atoms with Crippen LogP contribution >= 0.6 is 0 Å². The number of ether oxygens (including phenoxy) is 2. The summed E-state index contributed by atoms with van der Waals surface area (Å²) >= 11 is 0. The maximum Gasteiger partial charge on any atom is 0.317 e. The van der Waals surface area contributed by atoms with Crippen molar-refractivity contribution in [1.29, 1.82) is 0 Å². The van der Waals surface area contributed by atoms with Crippen LogP contribution in [0.1, 0.15) is 31.1 Å². The average molecular weight is 349 g/mol. The minimum absolute atomic E-state index is 0.0957. The van der Waals surface area contributed by atoms with Crippen LogP contribution in [0.25, 0.3) is 0 Å². The second-order valence-corrected chi connectivity index (χ2v) is 7.03. The molecule has 1 fully saturated rings. The number of amides is 3. The van der Waals surface area contributed by atoms with Gasteiger partial charge in [0.05, 0.1) is 19.8 Å². The molecule has 1 aromatic rings. The molecule has 1 aromatic carbocycles. The molecule has 2 rings (SSSR count). The number of hydrogen-bond acceptors (Lipinski definition) is 4. The van der Waals surface area contributed by atoms with Crippen molar-refractivity contribution < 1.29 is 19.1 Å². The first-order valence-corrected chi connectivity index (χ1v) is 8.33. The van der Waals surface area contributed by atoms with Crippen molar-refractivity contribution in [2.45, 2.75) is 26.3 Å². The Morgan fingerprint density at radius 3 is 2.12 bits per heavy atom. The fourth-order valence-corrected chi connectivity index (χ4v) is 2.66. The zero-order valence-electron chi connectivity index (χ0n) is 15.6. The van der Waals surface area contributed by atoms with Crippen molar-refractivity contribution in [3.8, 4) is 11.5 Å². The predicted octanol–water partition coefficient (Wildman–Crippen LogP) is 1.97. The van der Waals surface area contributed by atoms with Gasteiger partial charge >= 0.3 is 6.03 Å². The Bertz CT molecular complexity index is 632. The molecule has 3 amide bonds. The smallest absolute Gasteiger partial charge is 0.317 e. The predicted molar refractivity (Wildman–Crippen MR) is 95.3 cm³/mol. The molecule has 1 N–H and O–H groups in total. The van der Waals surface area contributed by atoms with Crippen molar-refractivity contribution in [1.82, 2.24) is 15.1 Å². The van der Waals surface area contributed by atoms with E-state index in [1.165, 1.54) is 7.11 Å². The molecular formula is C18H27N3O4. The maximum atomic E-state index is 12.8. The van der Waals surface area contributed by atoms with Gasteiger partial charge in [-0.2, -0.15) is 0 Å². The molecule has 138 valence electrons. The number of nitrogens with one attached hydrogen (secondary N) is 1. The Balaban J connectivity index is 2.01. The molecule has 0 aliphatic carbocycles. The quantitative estimate of drug-likeness (QED) is 0.906. The Morgan fingerprint density at radius 1 is 1.00 bits per heavy atom. The van der Waals surface area contributed by atoms with Gasteiger partial charge in [0.2, 0.25) is 0 Å². The van der Waals surface area contributed by atoms with Crippen LogP contribution in [-0.4, -0.2) is 67.7 Å². The molecule has 0 aromatic heterocycles. The van der Waals surface area contributed by atoms with E-state index in [1.807, 2.05) is 20.8 Å². The number of urea groups is 1. The first-order chi connectivity index (χ1) is 11.7. The highest BCUT2D eigenvalue weighted by atomic mass is 16.5. The van der Waals surface area contributed by atoms with Gasteiger partial charge in [-0.1, -0.05) is 0 Å². The summed E-state index contributed by atoms with van der Waals surface area (Å²) in [5.41, 5.74) is 0.219. The Morgan fingerprint density at radius 2 is 1.60 bits per heavy atom. The van der Waals surface area contributed by atoms with Gasteiger partial charge in [0.1, 0.15) is 11.5 Å². The molecule has 1 saturated heterocycles. The first-order valence-electron chi connectivity index (χ1n) is 8.33. The lowest BCUT2D eigenvalue weighted by molar-refractivity contribution is 0.0658. The molecule has 1 aliphatic rings. The molecule has 0 atom stereocenters. The summed E-state index contributed by atoms with van der Waals surface area (Å²) in [6.07, 6.45) is 0. The average Bonchev–Trinajstić information content (AvgIpc) is 2.59. The van der Waals surface area contributed by atoms with Gasteiger partial charge < -0.3 is 24.6 Å². The normalized spacial score (nSPS) is 14.9. The Kier molecular flexibility index (Phi) is 5.77. The van der Waals surface area contributed by atoms with Crippen molar-refractivity contribution in [3.63, 3.8) is 0 Å². The summed E-state index contributed by atoms with van der Waals surface area (Å²) in [4.78, 5) is 28.5. The number of methoxy groups -OCH3 is 2. The number of nitrogens with zero attached hydrogens (tertiary/aromatic N) is 2. The van der Waals surface area contributed by atoms with Crippen LogP contribution in [0.5, 0.6) is 11.5 Å². The van der Waals surface area contributed by atoms with Crippen molar-refractivity contribution in [3.05, 3.63) is 23.8 Å². The zero-order valence-corrected chi connectivity index (χ0v) is 15.6.